The fourth-order valence-corrected chi connectivity index (χ4v) is 2.33. The number of alkyl halides is 3. The highest BCUT2D eigenvalue weighted by Gasteiger charge is 2.34. The van der Waals surface area contributed by atoms with Gasteiger partial charge in [0.05, 0.1) is 35.4 Å². The Morgan fingerprint density at radius 1 is 1.47 bits per heavy atom. The number of likely N-dealkylation sites (N-methyl/N-ethyl adjacent to an activating group) is 1. The van der Waals surface area contributed by atoms with Gasteiger partial charge in [0.2, 0.25) is 0 Å². The molecule has 0 aliphatic rings. The number of halogens is 4. The predicted molar refractivity (Wildman–Crippen MR) is 71.0 cm³/mol. The summed E-state index contributed by atoms with van der Waals surface area (Å²) in [6.45, 7) is 1.26. The van der Waals surface area contributed by atoms with Crippen LogP contribution in [0.4, 0.5) is 13.2 Å². The lowest BCUT2D eigenvalue weighted by atomic mass is 10.1. The van der Waals surface area contributed by atoms with Crippen LogP contribution in [0.2, 0.25) is 0 Å². The Kier molecular flexibility index (Phi) is 5.82. The summed E-state index contributed by atoms with van der Waals surface area (Å²) >= 11 is 3.27. The summed E-state index contributed by atoms with van der Waals surface area (Å²) in [5.74, 6) is 0. The van der Waals surface area contributed by atoms with Gasteiger partial charge in [-0.2, -0.15) is 18.3 Å². The Morgan fingerprint density at radius 2 is 2.11 bits per heavy atom. The molecule has 1 heterocycles. The Hall–Kier alpha value is -0.600. The van der Waals surface area contributed by atoms with Crippen molar-refractivity contribution in [3.05, 3.63) is 16.4 Å². The van der Waals surface area contributed by atoms with Gasteiger partial charge in [-0.3, -0.25) is 4.68 Å². The molecule has 1 unspecified atom stereocenters. The molecule has 1 atom stereocenters. The number of hydrogen-bond donors (Lipinski definition) is 1. The van der Waals surface area contributed by atoms with Crippen LogP contribution in [0.15, 0.2) is 10.7 Å². The van der Waals surface area contributed by atoms with E-state index in [0.717, 1.165) is 0 Å². The first-order valence-corrected chi connectivity index (χ1v) is 6.64. The Balaban J connectivity index is 2.92. The SMILES string of the molecule is CNC(CC(F)(F)F)c1c(Br)cnn1CCN(C)C. The zero-order valence-corrected chi connectivity index (χ0v) is 12.7. The molecule has 0 amide bonds. The van der Waals surface area contributed by atoms with Gasteiger partial charge in [-0.25, -0.2) is 0 Å². The first kappa shape index (κ1) is 16.5. The molecule has 19 heavy (non-hydrogen) atoms. The molecule has 8 heteroatoms. The second-order valence-corrected chi connectivity index (χ2v) is 5.42. The molecule has 1 rings (SSSR count). The maximum absolute atomic E-state index is 12.6. The summed E-state index contributed by atoms with van der Waals surface area (Å²) in [6.07, 6.45) is -3.61. The van der Waals surface area contributed by atoms with Crippen molar-refractivity contribution >= 4 is 15.9 Å². The van der Waals surface area contributed by atoms with Crippen LogP contribution in [0.1, 0.15) is 18.2 Å². The number of nitrogens with zero attached hydrogens (tertiary/aromatic N) is 3. The highest BCUT2D eigenvalue weighted by atomic mass is 79.9. The van der Waals surface area contributed by atoms with Crippen LogP contribution >= 0.6 is 15.9 Å². The molecule has 0 bridgehead atoms. The molecular formula is C11H18BrF3N4. The average molecular weight is 343 g/mol. The lowest BCUT2D eigenvalue weighted by molar-refractivity contribution is -0.140. The van der Waals surface area contributed by atoms with Crippen LogP contribution in [0.25, 0.3) is 0 Å². The van der Waals surface area contributed by atoms with Gasteiger partial charge < -0.3 is 10.2 Å². The van der Waals surface area contributed by atoms with Gasteiger partial charge in [0.1, 0.15) is 0 Å². The van der Waals surface area contributed by atoms with Crippen LogP contribution in [0, 0.1) is 0 Å². The zero-order chi connectivity index (χ0) is 14.6. The van der Waals surface area contributed by atoms with E-state index in [1.807, 2.05) is 19.0 Å². The number of nitrogens with one attached hydrogen (secondary N) is 1. The van der Waals surface area contributed by atoms with E-state index >= 15 is 0 Å². The third-order valence-corrected chi connectivity index (χ3v) is 3.32. The minimum Gasteiger partial charge on any atom is -0.311 e. The molecule has 0 aliphatic heterocycles. The van der Waals surface area contributed by atoms with E-state index < -0.39 is 18.6 Å². The molecule has 110 valence electrons. The van der Waals surface area contributed by atoms with E-state index in [2.05, 4.69) is 26.3 Å². The van der Waals surface area contributed by atoms with Crippen molar-refractivity contribution in [2.45, 2.75) is 25.2 Å². The summed E-state index contributed by atoms with van der Waals surface area (Å²) in [6, 6.07) is -0.806. The third kappa shape index (κ3) is 5.12. The van der Waals surface area contributed by atoms with Gasteiger partial charge in [-0.05, 0) is 37.1 Å². The second kappa shape index (κ2) is 6.71. The topological polar surface area (TPSA) is 33.1 Å². The number of aromatic nitrogens is 2. The summed E-state index contributed by atoms with van der Waals surface area (Å²) in [7, 11) is 5.33. The Morgan fingerprint density at radius 3 is 2.58 bits per heavy atom. The minimum absolute atomic E-state index is 0.529. The zero-order valence-electron chi connectivity index (χ0n) is 11.1. The lowest BCUT2D eigenvalue weighted by Crippen LogP contribution is -2.28. The van der Waals surface area contributed by atoms with Crippen LogP contribution in [-0.4, -0.2) is 48.5 Å². The van der Waals surface area contributed by atoms with Crippen molar-refractivity contribution < 1.29 is 13.2 Å². The first-order valence-electron chi connectivity index (χ1n) is 5.84. The summed E-state index contributed by atoms with van der Waals surface area (Å²) in [4.78, 5) is 1.96. The Labute approximate surface area is 119 Å². The molecule has 0 spiro atoms. The van der Waals surface area contributed by atoms with E-state index in [1.165, 1.54) is 13.2 Å². The summed E-state index contributed by atoms with van der Waals surface area (Å²) in [5.41, 5.74) is 0.529. The molecule has 1 aromatic rings. The molecule has 1 aromatic heterocycles. The maximum atomic E-state index is 12.6. The third-order valence-electron chi connectivity index (χ3n) is 2.71. The van der Waals surface area contributed by atoms with E-state index in [4.69, 9.17) is 0 Å². The summed E-state index contributed by atoms with van der Waals surface area (Å²) < 4.78 is 39.9. The van der Waals surface area contributed by atoms with E-state index in [1.54, 1.807) is 4.68 Å². The maximum Gasteiger partial charge on any atom is 0.390 e. The van der Waals surface area contributed by atoms with E-state index in [9.17, 15) is 13.2 Å². The smallest absolute Gasteiger partial charge is 0.311 e. The van der Waals surface area contributed by atoms with E-state index in [0.29, 0.717) is 23.3 Å². The minimum atomic E-state index is -4.22. The van der Waals surface area contributed by atoms with Gasteiger partial charge in [0.15, 0.2) is 0 Å². The van der Waals surface area contributed by atoms with Crippen molar-refractivity contribution in [1.29, 1.82) is 0 Å². The highest BCUT2D eigenvalue weighted by Crippen LogP contribution is 2.32. The van der Waals surface area contributed by atoms with Crippen molar-refractivity contribution in [2.24, 2.45) is 0 Å². The van der Waals surface area contributed by atoms with Crippen molar-refractivity contribution in [2.75, 3.05) is 27.7 Å². The monoisotopic (exact) mass is 342 g/mol. The normalized spacial score (nSPS) is 14.1. The molecule has 0 saturated carbocycles. The summed E-state index contributed by atoms with van der Waals surface area (Å²) in [5, 5.41) is 6.83. The van der Waals surface area contributed by atoms with Crippen molar-refractivity contribution in [3.63, 3.8) is 0 Å². The van der Waals surface area contributed by atoms with Crippen molar-refractivity contribution in [1.82, 2.24) is 20.0 Å². The van der Waals surface area contributed by atoms with Crippen LogP contribution in [0.5, 0.6) is 0 Å². The largest absolute Gasteiger partial charge is 0.390 e. The van der Waals surface area contributed by atoms with Gasteiger partial charge in [-0.1, -0.05) is 0 Å². The molecule has 1 N–H and O–H groups in total. The van der Waals surface area contributed by atoms with Gasteiger partial charge in [-0.15, -0.1) is 0 Å². The molecule has 0 fully saturated rings. The fourth-order valence-electron chi connectivity index (χ4n) is 1.76. The first-order chi connectivity index (χ1) is 8.74. The van der Waals surface area contributed by atoms with Crippen LogP contribution in [0.3, 0.4) is 0 Å². The molecule has 0 aliphatic carbocycles. The lowest BCUT2D eigenvalue weighted by Gasteiger charge is -2.21. The quantitative estimate of drug-likeness (QED) is 0.861. The van der Waals surface area contributed by atoms with Gasteiger partial charge in [0, 0.05) is 6.54 Å². The average Bonchev–Trinajstić information content (AvgIpc) is 2.63. The molecule has 4 nitrogen and oxygen atoms in total. The number of hydrogen-bond acceptors (Lipinski definition) is 3. The molecule has 0 saturated heterocycles. The van der Waals surface area contributed by atoms with Gasteiger partial charge >= 0.3 is 6.18 Å². The van der Waals surface area contributed by atoms with Crippen molar-refractivity contribution in [3.8, 4) is 0 Å². The van der Waals surface area contributed by atoms with Crippen LogP contribution in [-0.2, 0) is 6.54 Å². The Bertz CT molecular complexity index is 403. The highest BCUT2D eigenvalue weighted by molar-refractivity contribution is 9.10. The second-order valence-electron chi connectivity index (χ2n) is 4.56. The molecule has 0 aromatic carbocycles. The number of rotatable bonds is 6. The van der Waals surface area contributed by atoms with Gasteiger partial charge in [0.25, 0.3) is 0 Å². The fraction of sp³-hybridized carbons (Fsp3) is 0.727. The van der Waals surface area contributed by atoms with E-state index in [-0.39, 0.29) is 0 Å². The predicted octanol–water partition coefficient (Wildman–Crippen LogP) is 2.42. The molecular weight excluding hydrogens is 325 g/mol. The van der Waals surface area contributed by atoms with Crippen LogP contribution < -0.4 is 5.32 Å². The molecule has 0 radical (unpaired) electrons. The standard InChI is InChI=1S/C11H18BrF3N4/c1-16-9(6-11(13,14)15)10-8(12)7-17-19(10)5-4-18(2)3/h7,9,16H,4-6H2,1-3H3.